The van der Waals surface area contributed by atoms with Gasteiger partial charge in [0.25, 0.3) is 0 Å². The number of nitrogens with one attached hydrogen (secondary N) is 2. The highest BCUT2D eigenvalue weighted by Crippen LogP contribution is 1.59. The van der Waals surface area contributed by atoms with Gasteiger partial charge in [-0.25, -0.2) is 0 Å². The molecule has 8 heavy (non-hydrogen) atoms. The Morgan fingerprint density at radius 2 is 1.75 bits per heavy atom. The summed E-state index contributed by atoms with van der Waals surface area (Å²) in [7, 11) is 0. The Morgan fingerprint density at radius 1 is 1.25 bits per heavy atom. The van der Waals surface area contributed by atoms with Crippen LogP contribution in [-0.2, 0) is 0 Å². The van der Waals surface area contributed by atoms with E-state index in [-0.39, 0.29) is 5.48 Å². The van der Waals surface area contributed by atoms with Gasteiger partial charge in [0, 0.05) is 13.1 Å². The van der Waals surface area contributed by atoms with E-state index >= 15 is 0 Å². The second kappa shape index (κ2) is 3.80. The van der Waals surface area contributed by atoms with Crippen molar-refractivity contribution in [2.45, 2.75) is 0 Å². The van der Waals surface area contributed by atoms with Crippen molar-refractivity contribution in [3.63, 3.8) is 0 Å². The fraction of sp³-hybridized carbons (Fsp3) is 1.00. The predicted molar refractivity (Wildman–Crippen MR) is 30.5 cm³/mol. The summed E-state index contributed by atoms with van der Waals surface area (Å²) in [5.74, 6) is 0. The summed E-state index contributed by atoms with van der Waals surface area (Å²) in [4.78, 5) is 0. The van der Waals surface area contributed by atoms with Crippen LogP contribution in [0.1, 0.15) is 0 Å². The van der Waals surface area contributed by atoms with Crippen molar-refractivity contribution < 1.29 is 10.5 Å². The monoisotopic (exact) mass is 120 g/mol. The van der Waals surface area contributed by atoms with Crippen LogP contribution in [0.3, 0.4) is 0 Å². The number of hydrogen-bond donors (Lipinski definition) is 2. The van der Waals surface area contributed by atoms with Crippen LogP contribution in [0.25, 0.3) is 0 Å². The molecule has 1 heterocycles. The topological polar surface area (TPSA) is 71.0 Å². The van der Waals surface area contributed by atoms with Gasteiger partial charge < -0.3 is 21.1 Å². The molecule has 1 fully saturated rings. The highest BCUT2D eigenvalue weighted by atomic mass is 16.5. The summed E-state index contributed by atoms with van der Waals surface area (Å²) in [6.45, 7) is 3.25. The maximum absolute atomic E-state index is 10.4. The van der Waals surface area contributed by atoms with E-state index in [1.165, 1.54) is 0 Å². The standard InChI is InChI=1S/C4H10N2O.H2O/c7-6-3-1-5-2-4-6;/h5-6H,1-4H2;1H2. The third-order valence-electron chi connectivity index (χ3n) is 1.16. The molecule has 0 aromatic rings. The average Bonchev–Trinajstić information content (AvgIpc) is 1.69. The number of hydrogen-bond acceptors (Lipinski definition) is 2. The van der Waals surface area contributed by atoms with Gasteiger partial charge in [0.2, 0.25) is 0 Å². The minimum absolute atomic E-state index is 0. The minimum Gasteiger partial charge on any atom is -0.634 e. The van der Waals surface area contributed by atoms with Crippen molar-refractivity contribution >= 4 is 0 Å². The van der Waals surface area contributed by atoms with E-state index in [9.17, 15) is 5.21 Å². The quantitative estimate of drug-likeness (QED) is 0.338. The molecule has 0 atom stereocenters. The molecular formula is C4H12N2O2. The molecule has 0 aromatic heterocycles. The van der Waals surface area contributed by atoms with Crippen LogP contribution in [-0.4, -0.2) is 31.7 Å². The van der Waals surface area contributed by atoms with Gasteiger partial charge >= 0.3 is 0 Å². The van der Waals surface area contributed by atoms with Crippen molar-refractivity contribution in [2.24, 2.45) is 0 Å². The summed E-state index contributed by atoms with van der Waals surface area (Å²) in [5.41, 5.74) is 0. The summed E-state index contributed by atoms with van der Waals surface area (Å²) < 4.78 is 0. The van der Waals surface area contributed by atoms with Gasteiger partial charge in [-0.1, -0.05) is 0 Å². The Bertz CT molecular complexity index is 54.0. The van der Waals surface area contributed by atoms with Crippen LogP contribution in [0.4, 0.5) is 0 Å². The summed E-state index contributed by atoms with van der Waals surface area (Å²) >= 11 is 0. The first-order valence-corrected chi connectivity index (χ1v) is 2.62. The molecule has 0 saturated carbocycles. The predicted octanol–water partition coefficient (Wildman–Crippen LogP) is -2.85. The first kappa shape index (κ1) is 7.84. The van der Waals surface area contributed by atoms with Gasteiger partial charge in [-0.2, -0.15) is 0 Å². The Morgan fingerprint density at radius 3 is 2.00 bits per heavy atom. The molecule has 50 valence electrons. The van der Waals surface area contributed by atoms with Gasteiger partial charge in [-0.3, -0.25) is 0 Å². The van der Waals surface area contributed by atoms with E-state index in [4.69, 9.17) is 0 Å². The highest BCUT2D eigenvalue weighted by Gasteiger charge is 2.01. The Balaban J connectivity index is 0.000000490. The molecule has 0 amide bonds. The number of rotatable bonds is 0. The van der Waals surface area contributed by atoms with E-state index in [1.54, 1.807) is 0 Å². The number of piperazine rings is 1. The second-order valence-electron chi connectivity index (χ2n) is 1.79. The lowest BCUT2D eigenvalue weighted by Gasteiger charge is -2.26. The zero-order valence-electron chi connectivity index (χ0n) is 4.74. The van der Waals surface area contributed by atoms with Crippen molar-refractivity contribution in [3.05, 3.63) is 5.21 Å². The maximum Gasteiger partial charge on any atom is 0.0895 e. The van der Waals surface area contributed by atoms with Crippen molar-refractivity contribution in [1.29, 1.82) is 0 Å². The number of hydroxylamine groups is 2. The average molecular weight is 120 g/mol. The zero-order chi connectivity index (χ0) is 5.11. The highest BCUT2D eigenvalue weighted by molar-refractivity contribution is 4.48. The largest absolute Gasteiger partial charge is 0.634 e. The normalized spacial score (nSPS) is 22.1. The molecule has 0 spiro atoms. The Labute approximate surface area is 48.4 Å². The van der Waals surface area contributed by atoms with Gasteiger partial charge in [-0.05, 0) is 0 Å². The van der Waals surface area contributed by atoms with Gasteiger partial charge in [0.1, 0.15) is 0 Å². The lowest BCUT2D eigenvalue weighted by Crippen LogP contribution is -3.10. The third-order valence-corrected chi connectivity index (χ3v) is 1.16. The van der Waals surface area contributed by atoms with E-state index in [0.29, 0.717) is 5.06 Å². The third kappa shape index (κ3) is 2.23. The van der Waals surface area contributed by atoms with E-state index in [0.717, 1.165) is 26.2 Å². The molecule has 0 radical (unpaired) electrons. The zero-order valence-corrected chi connectivity index (χ0v) is 4.74. The first-order valence-electron chi connectivity index (χ1n) is 2.62. The Kier molecular flexibility index (Phi) is 3.72. The number of quaternary nitrogens is 1. The van der Waals surface area contributed by atoms with Gasteiger partial charge in [-0.15, -0.1) is 0 Å². The van der Waals surface area contributed by atoms with Crippen LogP contribution >= 0.6 is 0 Å². The summed E-state index contributed by atoms with van der Waals surface area (Å²) in [5, 5.41) is 13.9. The second-order valence-corrected chi connectivity index (χ2v) is 1.79. The van der Waals surface area contributed by atoms with Gasteiger partial charge in [0.15, 0.2) is 0 Å². The van der Waals surface area contributed by atoms with Crippen LogP contribution in [0.15, 0.2) is 0 Å². The molecule has 1 rings (SSSR count). The fourth-order valence-electron chi connectivity index (χ4n) is 0.706. The van der Waals surface area contributed by atoms with Crippen LogP contribution < -0.4 is 10.4 Å². The summed E-state index contributed by atoms with van der Waals surface area (Å²) in [6, 6.07) is 0. The van der Waals surface area contributed by atoms with Crippen LogP contribution in [0.2, 0.25) is 0 Å². The first-order chi connectivity index (χ1) is 3.39. The fourth-order valence-corrected chi connectivity index (χ4v) is 0.706. The van der Waals surface area contributed by atoms with E-state index < -0.39 is 0 Å². The van der Waals surface area contributed by atoms with Gasteiger partial charge in [0.05, 0.1) is 13.1 Å². The molecule has 4 heteroatoms. The maximum atomic E-state index is 10.4. The SMILES string of the molecule is O.[O-][NH+]1CCNCC1. The van der Waals surface area contributed by atoms with Crippen molar-refractivity contribution in [3.8, 4) is 0 Å². The van der Waals surface area contributed by atoms with Crippen LogP contribution in [0.5, 0.6) is 0 Å². The summed E-state index contributed by atoms with van der Waals surface area (Å²) in [6.07, 6.45) is 0. The van der Waals surface area contributed by atoms with E-state index in [2.05, 4.69) is 5.32 Å². The molecule has 4 nitrogen and oxygen atoms in total. The molecule has 0 aromatic carbocycles. The molecule has 0 bridgehead atoms. The smallest absolute Gasteiger partial charge is 0.0895 e. The Hall–Kier alpha value is -0.160. The molecule has 1 saturated heterocycles. The van der Waals surface area contributed by atoms with Crippen molar-refractivity contribution in [2.75, 3.05) is 26.2 Å². The van der Waals surface area contributed by atoms with E-state index in [1.807, 2.05) is 0 Å². The molecular weight excluding hydrogens is 108 g/mol. The van der Waals surface area contributed by atoms with Crippen LogP contribution in [0, 0.1) is 5.21 Å². The lowest BCUT2D eigenvalue weighted by atomic mass is 10.4. The minimum atomic E-state index is 0. The molecule has 1 aliphatic rings. The molecule has 0 unspecified atom stereocenters. The molecule has 1 aliphatic heterocycles. The van der Waals surface area contributed by atoms with Crippen molar-refractivity contribution in [1.82, 2.24) is 5.32 Å². The molecule has 0 aliphatic carbocycles. The lowest BCUT2D eigenvalue weighted by molar-refractivity contribution is -0.850. The molecule has 4 N–H and O–H groups in total.